The maximum atomic E-state index is 13.9. The SMILES string of the molecule is [2H][C@](Nc1cc(-c2cnco2)c2ncc(C#N)c(NCC(C)(C)C)c2c1)(c1ccc(F)cc1)c1cn(C2CC2)nn1. The maximum Gasteiger partial charge on any atom is 0.181 e. The lowest BCUT2D eigenvalue weighted by Gasteiger charge is -2.23. The summed E-state index contributed by atoms with van der Waals surface area (Å²) in [6, 6.07) is 10.4. The summed E-state index contributed by atoms with van der Waals surface area (Å²) in [7, 11) is 0. The van der Waals surface area contributed by atoms with Gasteiger partial charge < -0.3 is 15.1 Å². The zero-order valence-electron chi connectivity index (χ0n) is 23.4. The van der Waals surface area contributed by atoms with E-state index in [9.17, 15) is 11.0 Å². The molecule has 3 aromatic heterocycles. The van der Waals surface area contributed by atoms with E-state index in [1.165, 1.54) is 18.5 Å². The number of benzene rings is 2. The van der Waals surface area contributed by atoms with Gasteiger partial charge >= 0.3 is 0 Å². The van der Waals surface area contributed by atoms with Crippen LogP contribution in [0.4, 0.5) is 15.8 Å². The molecular weight excluding hydrogens is 507 g/mol. The van der Waals surface area contributed by atoms with Crippen LogP contribution in [0.25, 0.3) is 22.2 Å². The molecule has 9 nitrogen and oxygen atoms in total. The van der Waals surface area contributed by atoms with Gasteiger partial charge in [0, 0.05) is 29.4 Å². The minimum atomic E-state index is -1.62. The Kier molecular flexibility index (Phi) is 6.11. The summed E-state index contributed by atoms with van der Waals surface area (Å²) in [5.74, 6) is 0.0791. The van der Waals surface area contributed by atoms with Crippen molar-refractivity contribution >= 4 is 22.3 Å². The van der Waals surface area contributed by atoms with Gasteiger partial charge in [-0.3, -0.25) is 4.98 Å². The highest BCUT2D eigenvalue weighted by Crippen LogP contribution is 2.39. The molecule has 40 heavy (non-hydrogen) atoms. The van der Waals surface area contributed by atoms with Gasteiger partial charge in [0.25, 0.3) is 0 Å². The van der Waals surface area contributed by atoms with Gasteiger partial charge in [-0.25, -0.2) is 14.1 Å². The number of nitrogens with zero attached hydrogens (tertiary/aromatic N) is 6. The average molecular weight is 538 g/mol. The predicted molar refractivity (Wildman–Crippen MR) is 150 cm³/mol. The van der Waals surface area contributed by atoms with Crippen molar-refractivity contribution in [2.75, 3.05) is 17.2 Å². The second-order valence-corrected chi connectivity index (χ2v) is 11.2. The molecule has 202 valence electrons. The number of nitriles is 1. The van der Waals surface area contributed by atoms with Crippen molar-refractivity contribution in [1.82, 2.24) is 25.0 Å². The topological polar surface area (TPSA) is 117 Å². The molecule has 1 aliphatic rings. The molecule has 10 heteroatoms. The van der Waals surface area contributed by atoms with E-state index in [0.29, 0.717) is 57.0 Å². The van der Waals surface area contributed by atoms with Crippen LogP contribution in [-0.4, -0.2) is 31.5 Å². The van der Waals surface area contributed by atoms with Gasteiger partial charge in [0.1, 0.15) is 17.6 Å². The Bertz CT molecular complexity index is 1750. The zero-order chi connectivity index (χ0) is 28.8. The number of hydrogen-bond acceptors (Lipinski definition) is 8. The van der Waals surface area contributed by atoms with Gasteiger partial charge in [0.2, 0.25) is 0 Å². The summed E-state index contributed by atoms with van der Waals surface area (Å²) in [4.78, 5) is 8.70. The molecule has 5 aromatic rings. The van der Waals surface area contributed by atoms with Crippen molar-refractivity contribution in [3.05, 3.63) is 84.0 Å². The summed E-state index contributed by atoms with van der Waals surface area (Å²) >= 11 is 0. The minimum absolute atomic E-state index is 0.0573. The van der Waals surface area contributed by atoms with Crippen molar-refractivity contribution in [3.8, 4) is 17.4 Å². The molecule has 0 saturated heterocycles. The lowest BCUT2D eigenvalue weighted by Crippen LogP contribution is -2.20. The van der Waals surface area contributed by atoms with E-state index in [2.05, 4.69) is 57.8 Å². The van der Waals surface area contributed by atoms with Crippen LogP contribution >= 0.6 is 0 Å². The lowest BCUT2D eigenvalue weighted by molar-refractivity contribution is 0.443. The Morgan fingerprint density at radius 2 is 2.02 bits per heavy atom. The van der Waals surface area contributed by atoms with E-state index in [-0.39, 0.29) is 11.5 Å². The molecule has 0 bridgehead atoms. The first-order valence-electron chi connectivity index (χ1n) is 13.6. The standard InChI is InChI=1S/C30H29FN8O/c1-30(2,3)16-35-27-19(12-32)13-34-29-23(26-14-33-17-40-26)10-21(11-24(27)29)36-28(18-4-6-20(31)7-5-18)25-15-39(38-37-25)22-8-9-22/h4-7,10-11,13-15,17,22,28,36H,8-9,16H2,1-3H3,(H,34,35)/t28-/m0/s1/i28D. The third kappa shape index (κ3) is 5.23. The van der Waals surface area contributed by atoms with Crippen molar-refractivity contribution in [1.29, 1.82) is 5.26 Å². The molecule has 1 atom stereocenters. The van der Waals surface area contributed by atoms with E-state index < -0.39 is 11.8 Å². The number of oxazole rings is 1. The number of halogens is 1. The highest BCUT2D eigenvalue weighted by molar-refractivity contribution is 6.03. The molecule has 0 unspecified atom stereocenters. The molecule has 1 saturated carbocycles. The Morgan fingerprint density at radius 1 is 1.23 bits per heavy atom. The molecule has 1 fully saturated rings. The molecule has 0 amide bonds. The number of rotatable bonds is 8. The minimum Gasteiger partial charge on any atom is -0.443 e. The zero-order valence-corrected chi connectivity index (χ0v) is 22.4. The molecule has 0 radical (unpaired) electrons. The molecule has 2 N–H and O–H groups in total. The largest absolute Gasteiger partial charge is 0.443 e. The molecular formula is C30H29FN8O. The second-order valence-electron chi connectivity index (χ2n) is 11.2. The number of hydrogen-bond donors (Lipinski definition) is 2. The fourth-order valence-electron chi connectivity index (χ4n) is 4.49. The van der Waals surface area contributed by atoms with Gasteiger partial charge in [-0.2, -0.15) is 5.26 Å². The van der Waals surface area contributed by atoms with E-state index in [4.69, 9.17) is 4.42 Å². The van der Waals surface area contributed by atoms with Crippen LogP contribution in [0.3, 0.4) is 0 Å². The maximum absolute atomic E-state index is 13.9. The van der Waals surface area contributed by atoms with Gasteiger partial charge in [0.05, 0.1) is 42.6 Å². The summed E-state index contributed by atoms with van der Waals surface area (Å²) < 4.78 is 31.0. The highest BCUT2D eigenvalue weighted by atomic mass is 19.1. The van der Waals surface area contributed by atoms with Crippen LogP contribution in [0.15, 0.2) is 65.8 Å². The summed E-state index contributed by atoms with van der Waals surface area (Å²) in [5, 5.41) is 26.0. The van der Waals surface area contributed by atoms with Crippen LogP contribution < -0.4 is 10.6 Å². The smallest absolute Gasteiger partial charge is 0.181 e. The number of nitrogens with one attached hydrogen (secondary N) is 2. The van der Waals surface area contributed by atoms with E-state index in [1.54, 1.807) is 35.4 Å². The molecule has 0 spiro atoms. The highest BCUT2D eigenvalue weighted by Gasteiger charge is 2.27. The number of pyridine rings is 1. The molecule has 6 rings (SSSR count). The summed E-state index contributed by atoms with van der Waals surface area (Å²) in [6.07, 6.45) is 8.28. The average Bonchev–Trinajstić information content (AvgIpc) is 3.42. The van der Waals surface area contributed by atoms with Crippen LogP contribution in [0.2, 0.25) is 0 Å². The van der Waals surface area contributed by atoms with Crippen LogP contribution in [0.5, 0.6) is 0 Å². The van der Waals surface area contributed by atoms with E-state index in [0.717, 1.165) is 12.8 Å². The normalized spacial score (nSPS) is 15.3. The number of aromatic nitrogens is 5. The van der Waals surface area contributed by atoms with Gasteiger partial charge in [-0.1, -0.05) is 38.1 Å². The van der Waals surface area contributed by atoms with Crippen LogP contribution in [-0.2, 0) is 0 Å². The van der Waals surface area contributed by atoms with Crippen molar-refractivity contribution in [3.63, 3.8) is 0 Å². The Hall–Kier alpha value is -4.78. The second kappa shape index (κ2) is 10.1. The van der Waals surface area contributed by atoms with E-state index >= 15 is 0 Å². The summed E-state index contributed by atoms with van der Waals surface area (Å²) in [5.41, 5.74) is 3.61. The van der Waals surface area contributed by atoms with E-state index in [1.807, 2.05) is 12.1 Å². The van der Waals surface area contributed by atoms with Gasteiger partial charge in [-0.05, 0) is 48.1 Å². The fraction of sp³-hybridized carbons (Fsp3) is 0.300. The van der Waals surface area contributed by atoms with Crippen molar-refractivity contribution in [2.45, 2.75) is 45.7 Å². The first-order valence-corrected chi connectivity index (χ1v) is 13.1. The Balaban J connectivity index is 1.54. The monoisotopic (exact) mass is 537 g/mol. The quantitative estimate of drug-likeness (QED) is 0.231. The Morgan fingerprint density at radius 3 is 2.70 bits per heavy atom. The van der Waals surface area contributed by atoms with Gasteiger partial charge in [0.15, 0.2) is 12.2 Å². The lowest BCUT2D eigenvalue weighted by atomic mass is 9.96. The molecule has 1 aliphatic carbocycles. The third-order valence-electron chi connectivity index (χ3n) is 6.67. The van der Waals surface area contributed by atoms with Crippen LogP contribution in [0.1, 0.15) is 63.9 Å². The molecule has 3 heterocycles. The van der Waals surface area contributed by atoms with Gasteiger partial charge in [-0.15, -0.1) is 5.10 Å². The fourth-order valence-corrected chi connectivity index (χ4v) is 4.49. The number of fused-ring (bicyclic) bond motifs is 1. The molecule has 0 aliphatic heterocycles. The Labute approximate surface area is 232 Å². The first kappa shape index (κ1) is 24.3. The van der Waals surface area contributed by atoms with Crippen molar-refractivity contribution < 1.29 is 10.2 Å². The predicted octanol–water partition coefficient (Wildman–Crippen LogP) is 6.49. The van der Waals surface area contributed by atoms with Crippen LogP contribution in [0, 0.1) is 22.6 Å². The molecule has 2 aromatic carbocycles. The first-order chi connectivity index (χ1) is 19.6. The summed E-state index contributed by atoms with van der Waals surface area (Å²) in [6.45, 7) is 6.93. The van der Waals surface area contributed by atoms with Crippen molar-refractivity contribution in [2.24, 2.45) is 5.41 Å². The number of anilines is 2. The third-order valence-corrected chi connectivity index (χ3v) is 6.67.